The highest BCUT2D eigenvalue weighted by Gasteiger charge is 2.45. The summed E-state index contributed by atoms with van der Waals surface area (Å²) in [5.74, 6) is -3.26. The van der Waals surface area contributed by atoms with Gasteiger partial charge in [-0.3, -0.25) is 0 Å². The maximum Gasteiger partial charge on any atom is 0.332 e. The van der Waals surface area contributed by atoms with Crippen molar-refractivity contribution < 1.29 is 29.3 Å². The van der Waals surface area contributed by atoms with Crippen molar-refractivity contribution in [1.82, 2.24) is 0 Å². The molecule has 108 valence electrons. The molecule has 19 heavy (non-hydrogen) atoms. The second-order valence-corrected chi connectivity index (χ2v) is 5.22. The van der Waals surface area contributed by atoms with Gasteiger partial charge in [0.05, 0.1) is 18.8 Å². The van der Waals surface area contributed by atoms with Crippen molar-refractivity contribution in [3.05, 3.63) is 11.1 Å². The predicted molar refractivity (Wildman–Crippen MR) is 66.7 cm³/mol. The van der Waals surface area contributed by atoms with Gasteiger partial charge in [0, 0.05) is 11.0 Å². The molecule has 0 radical (unpaired) electrons. The van der Waals surface area contributed by atoms with Crippen molar-refractivity contribution >= 4 is 11.9 Å². The molecule has 0 bridgehead atoms. The first kappa shape index (κ1) is 15.7. The third-order valence-corrected chi connectivity index (χ3v) is 3.51. The molecule has 6 heteroatoms. The molecule has 1 aliphatic heterocycles. The lowest BCUT2D eigenvalue weighted by atomic mass is 9.76. The first-order valence-corrected chi connectivity index (χ1v) is 6.11. The highest BCUT2D eigenvalue weighted by molar-refractivity contribution is 5.99. The van der Waals surface area contributed by atoms with Crippen LogP contribution >= 0.6 is 0 Å². The van der Waals surface area contributed by atoms with E-state index < -0.39 is 23.1 Å². The molecule has 0 aromatic rings. The summed E-state index contributed by atoms with van der Waals surface area (Å²) in [6, 6.07) is 0. The number of hydrogen-bond donors (Lipinski definition) is 2. The lowest BCUT2D eigenvalue weighted by Gasteiger charge is -2.43. The Bertz CT molecular complexity index is 411. The zero-order chi connectivity index (χ0) is 14.8. The molecule has 0 spiro atoms. The minimum absolute atomic E-state index is 0.128. The topological polar surface area (TPSA) is 93.1 Å². The quantitative estimate of drug-likeness (QED) is 0.756. The Morgan fingerprint density at radius 2 is 1.58 bits per heavy atom. The summed E-state index contributed by atoms with van der Waals surface area (Å²) >= 11 is 0. The van der Waals surface area contributed by atoms with E-state index >= 15 is 0 Å². The number of rotatable bonds is 4. The van der Waals surface area contributed by atoms with Crippen LogP contribution in [0.5, 0.6) is 0 Å². The fourth-order valence-electron chi connectivity index (χ4n) is 2.12. The minimum Gasteiger partial charge on any atom is -0.478 e. The number of carboxylic acid groups (broad SMARTS) is 2. The number of carboxylic acids is 2. The second-order valence-electron chi connectivity index (χ2n) is 5.22. The summed E-state index contributed by atoms with van der Waals surface area (Å²) in [6.45, 7) is 6.82. The number of hydrogen-bond acceptors (Lipinski definition) is 4. The van der Waals surface area contributed by atoms with Crippen LogP contribution in [0.4, 0.5) is 0 Å². The Labute approximate surface area is 112 Å². The first-order valence-electron chi connectivity index (χ1n) is 6.11. The molecule has 0 unspecified atom stereocenters. The molecule has 1 aliphatic rings. The molecule has 2 N–H and O–H groups in total. The van der Waals surface area contributed by atoms with E-state index in [0.717, 1.165) is 0 Å². The van der Waals surface area contributed by atoms with Gasteiger partial charge in [-0.1, -0.05) is 6.92 Å². The lowest BCUT2D eigenvalue weighted by molar-refractivity contribution is -0.279. The summed E-state index contributed by atoms with van der Waals surface area (Å²) in [4.78, 5) is 22.5. The standard InChI is InChI=1S/C13H20O6/c1-5-13(6-18-12(3,4)19-7-13)9(11(16)17)8(2)10(14)15/h5-7H2,1-4H3,(H,14,15)(H,16,17). The number of aliphatic carboxylic acids is 2. The van der Waals surface area contributed by atoms with Crippen molar-refractivity contribution in [2.24, 2.45) is 5.41 Å². The Kier molecular flexibility index (Phi) is 4.37. The Morgan fingerprint density at radius 1 is 1.11 bits per heavy atom. The third-order valence-electron chi connectivity index (χ3n) is 3.51. The largest absolute Gasteiger partial charge is 0.478 e. The van der Waals surface area contributed by atoms with Gasteiger partial charge >= 0.3 is 11.9 Å². The summed E-state index contributed by atoms with van der Waals surface area (Å²) < 4.78 is 11.0. The number of carbonyl (C=O) groups is 2. The van der Waals surface area contributed by atoms with Crippen LogP contribution in [-0.2, 0) is 19.1 Å². The van der Waals surface area contributed by atoms with Crippen LogP contribution in [0.15, 0.2) is 11.1 Å². The first-order chi connectivity index (χ1) is 8.65. The van der Waals surface area contributed by atoms with Gasteiger partial charge in [0.25, 0.3) is 0 Å². The van der Waals surface area contributed by atoms with E-state index in [0.29, 0.717) is 6.42 Å². The van der Waals surface area contributed by atoms with Crippen molar-refractivity contribution in [1.29, 1.82) is 0 Å². The van der Waals surface area contributed by atoms with Crippen LogP contribution in [0.1, 0.15) is 34.1 Å². The van der Waals surface area contributed by atoms with Crippen LogP contribution in [0.3, 0.4) is 0 Å². The molecule has 6 nitrogen and oxygen atoms in total. The number of ether oxygens (including phenoxy) is 2. The van der Waals surface area contributed by atoms with E-state index in [1.165, 1.54) is 6.92 Å². The summed E-state index contributed by atoms with van der Waals surface area (Å²) in [6.07, 6.45) is 0.426. The SMILES string of the molecule is CCC1(C(C(=O)O)=C(C)C(=O)O)COC(C)(C)OC1. The van der Waals surface area contributed by atoms with Crippen LogP contribution in [0.2, 0.25) is 0 Å². The van der Waals surface area contributed by atoms with Crippen molar-refractivity contribution in [2.75, 3.05) is 13.2 Å². The molecule has 1 heterocycles. The fraction of sp³-hybridized carbons (Fsp3) is 0.692. The molecule has 0 amide bonds. The van der Waals surface area contributed by atoms with Gasteiger partial charge < -0.3 is 19.7 Å². The normalized spacial score (nSPS) is 22.5. The van der Waals surface area contributed by atoms with Gasteiger partial charge in [-0.2, -0.15) is 0 Å². The summed E-state index contributed by atoms with van der Waals surface area (Å²) in [5.41, 5.74) is -1.25. The molecule has 1 fully saturated rings. The minimum atomic E-state index is -1.24. The van der Waals surface area contributed by atoms with E-state index in [4.69, 9.17) is 14.6 Å². The van der Waals surface area contributed by atoms with Crippen LogP contribution in [0.25, 0.3) is 0 Å². The van der Waals surface area contributed by atoms with Crippen LogP contribution in [0, 0.1) is 5.41 Å². The van der Waals surface area contributed by atoms with Gasteiger partial charge in [-0.25, -0.2) is 9.59 Å². The Hall–Kier alpha value is -1.40. The molecular formula is C13H20O6. The fourth-order valence-corrected chi connectivity index (χ4v) is 2.12. The molecule has 1 saturated heterocycles. The zero-order valence-corrected chi connectivity index (χ0v) is 11.6. The predicted octanol–water partition coefficient (Wildman–Crippen LogP) is 1.65. The van der Waals surface area contributed by atoms with Gasteiger partial charge in [-0.15, -0.1) is 0 Å². The summed E-state index contributed by atoms with van der Waals surface area (Å²) in [7, 11) is 0. The van der Waals surface area contributed by atoms with E-state index in [1.54, 1.807) is 20.8 Å². The second kappa shape index (κ2) is 5.30. The van der Waals surface area contributed by atoms with Gasteiger partial charge in [-0.05, 0) is 27.2 Å². The van der Waals surface area contributed by atoms with E-state index in [2.05, 4.69) is 0 Å². The Morgan fingerprint density at radius 3 is 1.89 bits per heavy atom. The van der Waals surface area contributed by atoms with Crippen LogP contribution < -0.4 is 0 Å². The third kappa shape index (κ3) is 3.13. The van der Waals surface area contributed by atoms with Gasteiger partial charge in [0.2, 0.25) is 0 Å². The molecular weight excluding hydrogens is 252 g/mol. The average molecular weight is 272 g/mol. The van der Waals surface area contributed by atoms with Gasteiger partial charge in [0.15, 0.2) is 5.79 Å². The zero-order valence-electron chi connectivity index (χ0n) is 11.6. The van der Waals surface area contributed by atoms with E-state index in [-0.39, 0.29) is 24.4 Å². The lowest BCUT2D eigenvalue weighted by Crippen LogP contribution is -2.49. The molecule has 1 rings (SSSR count). The highest BCUT2D eigenvalue weighted by atomic mass is 16.7. The van der Waals surface area contributed by atoms with Gasteiger partial charge in [0.1, 0.15) is 0 Å². The van der Waals surface area contributed by atoms with Crippen molar-refractivity contribution in [3.63, 3.8) is 0 Å². The van der Waals surface area contributed by atoms with Crippen molar-refractivity contribution in [3.8, 4) is 0 Å². The monoisotopic (exact) mass is 272 g/mol. The summed E-state index contributed by atoms with van der Waals surface area (Å²) in [5, 5.41) is 18.4. The maximum atomic E-state index is 11.4. The van der Waals surface area contributed by atoms with Crippen molar-refractivity contribution in [2.45, 2.75) is 39.9 Å². The van der Waals surface area contributed by atoms with Crippen LogP contribution in [-0.4, -0.2) is 41.2 Å². The van der Waals surface area contributed by atoms with E-state index in [9.17, 15) is 14.7 Å². The smallest absolute Gasteiger partial charge is 0.332 e. The molecule has 0 saturated carbocycles. The molecule has 0 aromatic carbocycles. The molecule has 0 atom stereocenters. The Balaban J connectivity index is 3.23. The molecule has 0 aromatic heterocycles. The highest BCUT2D eigenvalue weighted by Crippen LogP contribution is 2.40. The molecule has 0 aliphatic carbocycles. The maximum absolute atomic E-state index is 11.4. The average Bonchev–Trinajstić information content (AvgIpc) is 2.31. The van der Waals surface area contributed by atoms with E-state index in [1.807, 2.05) is 0 Å².